The Morgan fingerprint density at radius 1 is 1.14 bits per heavy atom. The van der Waals surface area contributed by atoms with Crippen molar-refractivity contribution in [3.8, 4) is 6.07 Å². The highest BCUT2D eigenvalue weighted by Gasteiger charge is 2.21. The van der Waals surface area contributed by atoms with Gasteiger partial charge in [-0.15, -0.1) is 0 Å². The Kier molecular flexibility index (Phi) is 7.24. The van der Waals surface area contributed by atoms with E-state index in [1.807, 2.05) is 4.90 Å². The highest BCUT2D eigenvalue weighted by Crippen LogP contribution is 2.23. The molecule has 0 atom stereocenters. The van der Waals surface area contributed by atoms with Crippen LogP contribution in [0.1, 0.15) is 34.6 Å². The smallest absolute Gasteiger partial charge is 0.233 e. The standard InChI is InChI=1S/C22H27N5OS/c1-16-7-4-5-8-19(16)14-26-9-6-10-27(12-11-26)21(28)15-29-22-20(13-23)17(2)24-18(3)25-22/h4-5,7-8H,6,9-12,14-15H2,1-3H3. The molecule has 3 rings (SSSR count). The lowest BCUT2D eigenvalue weighted by Gasteiger charge is -2.22. The van der Waals surface area contributed by atoms with Gasteiger partial charge in [0.1, 0.15) is 22.5 Å². The summed E-state index contributed by atoms with van der Waals surface area (Å²) in [5.74, 6) is 1.02. The van der Waals surface area contributed by atoms with Crippen molar-refractivity contribution >= 4 is 17.7 Å². The van der Waals surface area contributed by atoms with Crippen molar-refractivity contribution < 1.29 is 4.79 Å². The molecular formula is C22H27N5OS. The summed E-state index contributed by atoms with van der Waals surface area (Å²) in [5, 5.41) is 9.97. The number of hydrogen-bond acceptors (Lipinski definition) is 6. The summed E-state index contributed by atoms with van der Waals surface area (Å²) >= 11 is 1.34. The number of rotatable bonds is 5. The second-order valence-electron chi connectivity index (χ2n) is 7.37. The zero-order chi connectivity index (χ0) is 20.8. The molecular weight excluding hydrogens is 382 g/mol. The van der Waals surface area contributed by atoms with Crippen LogP contribution in [-0.4, -0.2) is 57.6 Å². The predicted molar refractivity (Wildman–Crippen MR) is 115 cm³/mol. The first-order chi connectivity index (χ1) is 14.0. The van der Waals surface area contributed by atoms with Crippen molar-refractivity contribution in [3.63, 3.8) is 0 Å². The van der Waals surface area contributed by atoms with Gasteiger partial charge in [-0.25, -0.2) is 9.97 Å². The minimum Gasteiger partial charge on any atom is -0.341 e. The molecule has 6 nitrogen and oxygen atoms in total. The first-order valence-electron chi connectivity index (χ1n) is 9.90. The van der Waals surface area contributed by atoms with Crippen molar-refractivity contribution in [1.29, 1.82) is 5.26 Å². The van der Waals surface area contributed by atoms with Gasteiger partial charge in [0, 0.05) is 32.7 Å². The third-order valence-electron chi connectivity index (χ3n) is 5.21. The van der Waals surface area contributed by atoms with E-state index in [0.717, 1.165) is 39.1 Å². The number of hydrogen-bond donors (Lipinski definition) is 0. The Hall–Kier alpha value is -2.43. The van der Waals surface area contributed by atoms with Crippen LogP contribution in [0.4, 0.5) is 0 Å². The molecule has 7 heteroatoms. The molecule has 0 aliphatic carbocycles. The van der Waals surface area contributed by atoms with E-state index in [1.54, 1.807) is 13.8 Å². The molecule has 2 heterocycles. The van der Waals surface area contributed by atoms with E-state index in [4.69, 9.17) is 0 Å². The Morgan fingerprint density at radius 3 is 2.69 bits per heavy atom. The summed E-state index contributed by atoms with van der Waals surface area (Å²) in [4.78, 5) is 25.7. The molecule has 1 fully saturated rings. The molecule has 0 spiro atoms. The van der Waals surface area contributed by atoms with Crippen LogP contribution in [0.2, 0.25) is 0 Å². The minimum atomic E-state index is 0.102. The maximum Gasteiger partial charge on any atom is 0.233 e. The molecule has 29 heavy (non-hydrogen) atoms. The zero-order valence-corrected chi connectivity index (χ0v) is 18.1. The first-order valence-corrected chi connectivity index (χ1v) is 10.9. The summed E-state index contributed by atoms with van der Waals surface area (Å²) in [6, 6.07) is 10.6. The van der Waals surface area contributed by atoms with Crippen LogP contribution in [0.25, 0.3) is 0 Å². The minimum absolute atomic E-state index is 0.102. The Morgan fingerprint density at radius 2 is 1.93 bits per heavy atom. The molecule has 0 bridgehead atoms. The van der Waals surface area contributed by atoms with Gasteiger partial charge in [0.2, 0.25) is 5.91 Å². The largest absolute Gasteiger partial charge is 0.341 e. The second-order valence-corrected chi connectivity index (χ2v) is 8.34. The fourth-order valence-electron chi connectivity index (χ4n) is 3.54. The lowest BCUT2D eigenvalue weighted by molar-refractivity contribution is -0.128. The average molecular weight is 410 g/mol. The molecule has 1 aliphatic rings. The molecule has 1 saturated heterocycles. The normalized spacial score (nSPS) is 15.0. The van der Waals surface area contributed by atoms with Gasteiger partial charge in [-0.1, -0.05) is 36.0 Å². The number of benzene rings is 1. The van der Waals surface area contributed by atoms with Crippen LogP contribution in [0.3, 0.4) is 0 Å². The van der Waals surface area contributed by atoms with E-state index in [9.17, 15) is 10.1 Å². The van der Waals surface area contributed by atoms with E-state index >= 15 is 0 Å². The van der Waals surface area contributed by atoms with Gasteiger partial charge in [-0.2, -0.15) is 5.26 Å². The Labute approximate surface area is 176 Å². The Bertz CT molecular complexity index is 924. The molecule has 152 valence electrons. The average Bonchev–Trinajstić information content (AvgIpc) is 2.93. The third kappa shape index (κ3) is 5.55. The van der Waals surface area contributed by atoms with Crippen molar-refractivity contribution in [2.45, 2.75) is 38.8 Å². The van der Waals surface area contributed by atoms with Crippen LogP contribution in [0.5, 0.6) is 0 Å². The second kappa shape index (κ2) is 9.86. The van der Waals surface area contributed by atoms with Crippen LogP contribution in [0, 0.1) is 32.1 Å². The van der Waals surface area contributed by atoms with Gasteiger partial charge >= 0.3 is 0 Å². The van der Waals surface area contributed by atoms with Gasteiger partial charge in [0.15, 0.2) is 0 Å². The van der Waals surface area contributed by atoms with E-state index in [1.165, 1.54) is 22.9 Å². The van der Waals surface area contributed by atoms with Crippen LogP contribution < -0.4 is 0 Å². The van der Waals surface area contributed by atoms with Crippen LogP contribution in [0.15, 0.2) is 29.3 Å². The predicted octanol–water partition coefficient (Wildman–Crippen LogP) is 3.10. The van der Waals surface area contributed by atoms with Crippen LogP contribution in [-0.2, 0) is 11.3 Å². The van der Waals surface area contributed by atoms with Crippen molar-refractivity contribution in [3.05, 3.63) is 52.5 Å². The van der Waals surface area contributed by atoms with E-state index in [-0.39, 0.29) is 5.91 Å². The number of aromatic nitrogens is 2. The molecule has 0 radical (unpaired) electrons. The summed E-state index contributed by atoms with van der Waals surface area (Å²) < 4.78 is 0. The number of aryl methyl sites for hydroxylation is 3. The summed E-state index contributed by atoms with van der Waals surface area (Å²) in [5.41, 5.74) is 3.79. The number of carbonyl (C=O) groups excluding carboxylic acids is 1. The lowest BCUT2D eigenvalue weighted by atomic mass is 10.1. The van der Waals surface area contributed by atoms with Gasteiger partial charge in [-0.05, 0) is 38.3 Å². The van der Waals surface area contributed by atoms with E-state index < -0.39 is 0 Å². The molecule has 0 unspecified atom stereocenters. The number of thioether (sulfide) groups is 1. The van der Waals surface area contributed by atoms with Gasteiger partial charge in [0.05, 0.1) is 11.4 Å². The van der Waals surface area contributed by atoms with Gasteiger partial charge < -0.3 is 4.90 Å². The number of nitriles is 1. The SMILES string of the molecule is Cc1nc(C)c(C#N)c(SCC(=O)N2CCCN(Cc3ccccc3C)CC2)n1. The van der Waals surface area contributed by atoms with E-state index in [0.29, 0.717) is 27.9 Å². The fraction of sp³-hybridized carbons (Fsp3) is 0.455. The van der Waals surface area contributed by atoms with Crippen molar-refractivity contribution in [2.24, 2.45) is 0 Å². The summed E-state index contributed by atoms with van der Waals surface area (Å²) in [6.45, 7) is 10.1. The fourth-order valence-corrected chi connectivity index (χ4v) is 4.52. The molecule has 1 aliphatic heterocycles. The zero-order valence-electron chi connectivity index (χ0n) is 17.3. The summed E-state index contributed by atoms with van der Waals surface area (Å²) in [7, 11) is 0. The molecule has 1 amide bonds. The summed E-state index contributed by atoms with van der Waals surface area (Å²) in [6.07, 6.45) is 0.970. The number of nitrogens with zero attached hydrogens (tertiary/aromatic N) is 5. The maximum absolute atomic E-state index is 12.8. The monoisotopic (exact) mass is 409 g/mol. The van der Waals surface area contributed by atoms with Gasteiger partial charge in [-0.3, -0.25) is 9.69 Å². The molecule has 1 aromatic heterocycles. The molecule has 1 aromatic carbocycles. The number of amides is 1. The highest BCUT2D eigenvalue weighted by molar-refractivity contribution is 8.00. The quantitative estimate of drug-likeness (QED) is 0.558. The van der Waals surface area contributed by atoms with E-state index in [2.05, 4.69) is 52.1 Å². The van der Waals surface area contributed by atoms with Crippen molar-refractivity contribution in [2.75, 3.05) is 31.9 Å². The topological polar surface area (TPSA) is 73.1 Å². The van der Waals surface area contributed by atoms with Crippen LogP contribution >= 0.6 is 11.8 Å². The molecule has 2 aromatic rings. The molecule has 0 N–H and O–H groups in total. The van der Waals surface area contributed by atoms with Crippen molar-refractivity contribution in [1.82, 2.24) is 19.8 Å². The molecule has 0 saturated carbocycles. The van der Waals surface area contributed by atoms with Gasteiger partial charge in [0.25, 0.3) is 0 Å². The number of carbonyl (C=O) groups is 1. The highest BCUT2D eigenvalue weighted by atomic mass is 32.2. The first kappa shape index (κ1) is 21.3. The third-order valence-corrected chi connectivity index (χ3v) is 6.17. The lowest BCUT2D eigenvalue weighted by Crippen LogP contribution is -2.36. The Balaban J connectivity index is 1.56. The maximum atomic E-state index is 12.8.